The normalized spacial score (nSPS) is 34.8. The summed E-state index contributed by atoms with van der Waals surface area (Å²) in [6.45, 7) is 3.66. The number of hydrogen-bond acceptors (Lipinski definition) is 8. The van der Waals surface area contributed by atoms with E-state index in [4.69, 9.17) is 10.5 Å². The zero-order valence-electron chi connectivity index (χ0n) is 23.9. The van der Waals surface area contributed by atoms with Crippen LogP contribution in [0.15, 0.2) is 11.6 Å². The van der Waals surface area contributed by atoms with Crippen molar-refractivity contribution in [2.45, 2.75) is 103 Å². The predicted molar refractivity (Wildman–Crippen MR) is 145 cm³/mol. The Hall–Kier alpha value is -3.08. The van der Waals surface area contributed by atoms with Gasteiger partial charge in [-0.05, 0) is 80.6 Å². The molecule has 0 aromatic heterocycles. The van der Waals surface area contributed by atoms with Gasteiger partial charge in [-0.1, -0.05) is 19.4 Å². The first-order chi connectivity index (χ1) is 19.2. The molecule has 0 aromatic rings. The van der Waals surface area contributed by atoms with E-state index in [2.05, 4.69) is 12.2 Å². The number of ketones is 2. The van der Waals surface area contributed by atoms with Crippen molar-refractivity contribution in [2.75, 3.05) is 6.61 Å². The van der Waals surface area contributed by atoms with Crippen molar-refractivity contribution in [2.24, 2.45) is 34.3 Å². The number of carbonyl (C=O) groups excluding carboxylic acids is 5. The average molecular weight is 575 g/mol. The first-order valence-electron chi connectivity index (χ1n) is 14.7. The maximum Gasteiger partial charge on any atom is 0.326 e. The zero-order chi connectivity index (χ0) is 30.2. The standard InChI is InChI=1S/C30H42N2O9/c1-28-12-9-18(33)15-17(28)3-4-19-20(28)10-13-29(2)21(19)11-14-30(29,40)23(34)16-41-26(37)8-7-25(36)32-22(27(38)39)5-6-24(31)35/h15,19-22,40H,3-14,16H2,1-2H3,(H2,31,35)(H,32,36)(H,38,39)/t19-,20+,21+,22?,28+,29+,30+/m1/s1. The molecule has 3 fully saturated rings. The van der Waals surface area contributed by atoms with Gasteiger partial charge in [0.2, 0.25) is 17.6 Å². The van der Waals surface area contributed by atoms with Crippen LogP contribution in [0.4, 0.5) is 0 Å². The molecule has 41 heavy (non-hydrogen) atoms. The number of fused-ring (bicyclic) bond motifs is 5. The number of aliphatic carboxylic acids is 1. The minimum Gasteiger partial charge on any atom is -0.480 e. The van der Waals surface area contributed by atoms with Crippen LogP contribution in [0.3, 0.4) is 0 Å². The molecule has 4 aliphatic rings. The number of carbonyl (C=O) groups is 6. The van der Waals surface area contributed by atoms with E-state index < -0.39 is 53.2 Å². The second kappa shape index (κ2) is 11.7. The number of allylic oxidation sites excluding steroid dienone is 1. The second-order valence-electron chi connectivity index (χ2n) is 12.9. The van der Waals surface area contributed by atoms with Gasteiger partial charge in [0, 0.05) is 24.7 Å². The number of nitrogens with two attached hydrogens (primary N) is 1. The van der Waals surface area contributed by atoms with Crippen molar-refractivity contribution in [3.8, 4) is 0 Å². The molecule has 2 amide bonds. The number of amides is 2. The maximum atomic E-state index is 13.3. The minimum atomic E-state index is -1.62. The summed E-state index contributed by atoms with van der Waals surface area (Å²) in [5.74, 6) is -2.97. The molecule has 3 saturated carbocycles. The van der Waals surface area contributed by atoms with Gasteiger partial charge in [-0.2, -0.15) is 0 Å². The van der Waals surface area contributed by atoms with Crippen molar-refractivity contribution >= 4 is 35.3 Å². The van der Waals surface area contributed by atoms with Gasteiger partial charge in [0.1, 0.15) is 11.6 Å². The number of rotatable bonds is 11. The quantitative estimate of drug-likeness (QED) is 0.267. The Labute approximate surface area is 239 Å². The van der Waals surface area contributed by atoms with Crippen LogP contribution in [-0.4, -0.2) is 63.8 Å². The summed E-state index contributed by atoms with van der Waals surface area (Å²) in [7, 11) is 0. The van der Waals surface area contributed by atoms with E-state index in [0.717, 1.165) is 25.7 Å². The highest BCUT2D eigenvalue weighted by Crippen LogP contribution is 2.67. The van der Waals surface area contributed by atoms with Crippen molar-refractivity contribution < 1.29 is 43.7 Å². The molecule has 11 nitrogen and oxygen atoms in total. The predicted octanol–water partition coefficient (Wildman–Crippen LogP) is 1.98. The lowest BCUT2D eigenvalue weighted by Gasteiger charge is -2.58. The van der Waals surface area contributed by atoms with Crippen LogP contribution in [0.5, 0.6) is 0 Å². The summed E-state index contributed by atoms with van der Waals surface area (Å²) in [5, 5.41) is 23.2. The highest BCUT2D eigenvalue weighted by atomic mass is 16.5. The van der Waals surface area contributed by atoms with Crippen LogP contribution in [-0.2, 0) is 33.5 Å². The molecular weight excluding hydrogens is 532 g/mol. The van der Waals surface area contributed by atoms with Crippen LogP contribution in [0.1, 0.15) is 90.9 Å². The molecule has 0 aliphatic heterocycles. The maximum absolute atomic E-state index is 13.3. The fourth-order valence-electron chi connectivity index (χ4n) is 8.40. The van der Waals surface area contributed by atoms with Crippen LogP contribution in [0, 0.1) is 28.6 Å². The lowest BCUT2D eigenvalue weighted by atomic mass is 9.46. The number of esters is 1. The Morgan fingerprint density at radius 1 is 1.02 bits per heavy atom. The molecule has 0 aromatic carbocycles. The largest absolute Gasteiger partial charge is 0.480 e. The van der Waals surface area contributed by atoms with Crippen molar-refractivity contribution in [3.63, 3.8) is 0 Å². The molecule has 5 N–H and O–H groups in total. The third-order valence-corrected chi connectivity index (χ3v) is 10.8. The lowest BCUT2D eigenvalue weighted by molar-refractivity contribution is -0.170. The van der Waals surface area contributed by atoms with Crippen LogP contribution < -0.4 is 11.1 Å². The number of aliphatic hydroxyl groups is 1. The molecule has 0 heterocycles. The summed E-state index contributed by atoms with van der Waals surface area (Å²) in [6, 6.07) is -1.32. The summed E-state index contributed by atoms with van der Waals surface area (Å²) in [6.07, 6.45) is 6.50. The van der Waals surface area contributed by atoms with Gasteiger partial charge in [-0.15, -0.1) is 0 Å². The molecule has 0 saturated heterocycles. The Kier molecular flexibility index (Phi) is 8.78. The highest BCUT2D eigenvalue weighted by Gasteiger charge is 2.66. The van der Waals surface area contributed by atoms with Gasteiger partial charge >= 0.3 is 11.9 Å². The number of Topliss-reactive ketones (excluding diaryl/α,β-unsaturated/α-hetero) is 1. The topological polar surface area (TPSA) is 190 Å². The van der Waals surface area contributed by atoms with E-state index >= 15 is 0 Å². The van der Waals surface area contributed by atoms with Crippen LogP contribution >= 0.6 is 0 Å². The monoisotopic (exact) mass is 574 g/mol. The molecule has 0 bridgehead atoms. The Bertz CT molecular complexity index is 1160. The fourth-order valence-corrected chi connectivity index (χ4v) is 8.40. The minimum absolute atomic E-state index is 0.0168. The van der Waals surface area contributed by atoms with E-state index in [1.54, 1.807) is 0 Å². The lowest BCUT2D eigenvalue weighted by Crippen LogP contribution is -2.58. The van der Waals surface area contributed by atoms with Crippen molar-refractivity contribution in [1.82, 2.24) is 5.32 Å². The van der Waals surface area contributed by atoms with E-state index in [1.165, 1.54) is 5.57 Å². The number of primary amides is 1. The molecular formula is C30H42N2O9. The average Bonchev–Trinajstić information content (AvgIpc) is 3.20. The molecule has 1 unspecified atom stereocenters. The van der Waals surface area contributed by atoms with E-state index in [9.17, 15) is 39.0 Å². The molecule has 7 atom stereocenters. The van der Waals surface area contributed by atoms with Crippen molar-refractivity contribution in [3.05, 3.63) is 11.6 Å². The smallest absolute Gasteiger partial charge is 0.326 e. The van der Waals surface area contributed by atoms with Gasteiger partial charge in [-0.3, -0.25) is 24.0 Å². The Morgan fingerprint density at radius 2 is 1.73 bits per heavy atom. The van der Waals surface area contributed by atoms with Gasteiger partial charge in [0.15, 0.2) is 12.4 Å². The third-order valence-electron chi connectivity index (χ3n) is 10.8. The molecule has 226 valence electrons. The number of carboxylic acid groups (broad SMARTS) is 1. The summed E-state index contributed by atoms with van der Waals surface area (Å²) < 4.78 is 5.15. The molecule has 4 rings (SSSR count). The zero-order valence-corrected chi connectivity index (χ0v) is 23.9. The highest BCUT2D eigenvalue weighted by molar-refractivity contribution is 5.92. The third kappa shape index (κ3) is 5.82. The van der Waals surface area contributed by atoms with Gasteiger partial charge in [0.25, 0.3) is 0 Å². The number of nitrogens with one attached hydrogen (secondary N) is 1. The summed E-state index contributed by atoms with van der Waals surface area (Å²) >= 11 is 0. The number of carboxylic acids is 1. The van der Waals surface area contributed by atoms with E-state index in [-0.39, 0.29) is 42.8 Å². The van der Waals surface area contributed by atoms with E-state index in [1.807, 2.05) is 13.0 Å². The Morgan fingerprint density at radius 3 is 2.41 bits per heavy atom. The second-order valence-corrected chi connectivity index (χ2v) is 12.9. The molecule has 0 radical (unpaired) electrons. The van der Waals surface area contributed by atoms with Crippen LogP contribution in [0.2, 0.25) is 0 Å². The van der Waals surface area contributed by atoms with E-state index in [0.29, 0.717) is 37.5 Å². The first-order valence-corrected chi connectivity index (χ1v) is 14.7. The van der Waals surface area contributed by atoms with Crippen LogP contribution in [0.25, 0.3) is 0 Å². The molecule has 4 aliphatic carbocycles. The SMILES string of the molecule is C[C@]12CCC(=O)C=C1CC[C@@H]1[C@@H]2CC[C@@]2(C)[C@H]1CC[C@]2(O)C(=O)COC(=O)CCC(=O)NC(CCC(N)=O)C(=O)O. The molecule has 0 spiro atoms. The fraction of sp³-hybridized carbons (Fsp3) is 0.733. The van der Waals surface area contributed by atoms with Gasteiger partial charge in [0.05, 0.1) is 6.42 Å². The molecule has 11 heteroatoms. The summed E-state index contributed by atoms with van der Waals surface area (Å²) in [5.41, 5.74) is 4.01. The van der Waals surface area contributed by atoms with Crippen molar-refractivity contribution in [1.29, 1.82) is 0 Å². The van der Waals surface area contributed by atoms with Gasteiger partial charge < -0.3 is 26.0 Å². The summed E-state index contributed by atoms with van der Waals surface area (Å²) in [4.78, 5) is 72.0. The Balaban J connectivity index is 1.31. The number of ether oxygens (including phenoxy) is 1. The first kappa shape index (κ1) is 30.9. The number of hydrogen-bond donors (Lipinski definition) is 4. The van der Waals surface area contributed by atoms with Gasteiger partial charge in [-0.25, -0.2) is 4.79 Å².